The number of hydrogen-bond acceptors (Lipinski definition) is 6. The minimum atomic E-state index is 0.623. The number of rotatable bonds is 4. The lowest BCUT2D eigenvalue weighted by atomic mass is 10.0. The Morgan fingerprint density at radius 3 is 2.67 bits per heavy atom. The Hall–Kier alpha value is -3.58. The Kier molecular flexibility index (Phi) is 4.52. The highest BCUT2D eigenvalue weighted by molar-refractivity contribution is 7.15. The monoisotopic (exact) mass is 412 g/mol. The van der Waals surface area contributed by atoms with Crippen molar-refractivity contribution in [2.24, 2.45) is 5.10 Å². The molecule has 0 saturated heterocycles. The molecular weight excluding hydrogens is 392 g/mol. The first-order valence-electron chi connectivity index (χ1n) is 9.66. The van der Waals surface area contributed by atoms with Crippen LogP contribution in [0.25, 0.3) is 27.0 Å². The summed E-state index contributed by atoms with van der Waals surface area (Å²) in [6, 6.07) is 14.5. The van der Waals surface area contributed by atoms with Crippen molar-refractivity contribution in [3.8, 4) is 11.3 Å². The van der Waals surface area contributed by atoms with Crippen LogP contribution in [0.5, 0.6) is 0 Å². The van der Waals surface area contributed by atoms with Gasteiger partial charge in [-0.05, 0) is 38.0 Å². The molecule has 6 nitrogen and oxygen atoms in total. The molecule has 1 N–H and O–H groups in total. The zero-order valence-electron chi connectivity index (χ0n) is 16.9. The van der Waals surface area contributed by atoms with Gasteiger partial charge in [0.05, 0.1) is 17.6 Å². The number of anilines is 1. The van der Waals surface area contributed by atoms with E-state index < -0.39 is 0 Å². The third kappa shape index (κ3) is 3.13. The van der Waals surface area contributed by atoms with Crippen LogP contribution in [0.4, 0.5) is 5.82 Å². The molecule has 0 atom stereocenters. The average Bonchev–Trinajstić information content (AvgIpc) is 3.32. The van der Waals surface area contributed by atoms with Crippen molar-refractivity contribution >= 4 is 39.1 Å². The first-order chi connectivity index (χ1) is 14.6. The number of nitrogens with one attached hydrogen (secondary N) is 1. The van der Waals surface area contributed by atoms with Crippen molar-refractivity contribution in [3.05, 3.63) is 76.6 Å². The van der Waals surface area contributed by atoms with Crippen LogP contribution in [0.2, 0.25) is 0 Å². The Labute approximate surface area is 177 Å². The van der Waals surface area contributed by atoms with E-state index in [1.165, 1.54) is 11.1 Å². The summed E-state index contributed by atoms with van der Waals surface area (Å²) in [6.07, 6.45) is 3.77. The second-order valence-corrected chi connectivity index (χ2v) is 8.12. The Morgan fingerprint density at radius 1 is 1.00 bits per heavy atom. The van der Waals surface area contributed by atoms with E-state index in [1.54, 1.807) is 17.6 Å². The first-order valence-corrected chi connectivity index (χ1v) is 10.5. The molecule has 0 amide bonds. The average molecular weight is 413 g/mol. The van der Waals surface area contributed by atoms with Gasteiger partial charge >= 0.3 is 0 Å². The molecule has 0 aliphatic carbocycles. The van der Waals surface area contributed by atoms with Crippen molar-refractivity contribution in [1.82, 2.24) is 19.6 Å². The largest absolute Gasteiger partial charge is 0.289 e. The van der Waals surface area contributed by atoms with Crippen LogP contribution in [-0.4, -0.2) is 25.8 Å². The molecule has 7 heteroatoms. The number of nitrogens with zero attached hydrogens (tertiary/aromatic N) is 5. The fourth-order valence-corrected chi connectivity index (χ4v) is 4.28. The molecule has 0 saturated carbocycles. The topological polar surface area (TPSA) is 67.5 Å². The number of aromatic nitrogens is 4. The molecule has 5 aromatic rings. The van der Waals surface area contributed by atoms with Crippen LogP contribution in [-0.2, 0) is 0 Å². The van der Waals surface area contributed by atoms with Gasteiger partial charge in [-0.25, -0.2) is 4.98 Å². The van der Waals surface area contributed by atoms with Crippen LogP contribution >= 0.6 is 11.3 Å². The van der Waals surface area contributed by atoms with Gasteiger partial charge in [0.1, 0.15) is 5.69 Å². The molecular formula is C23H20N6S. The summed E-state index contributed by atoms with van der Waals surface area (Å²) < 4.78 is 2.03. The van der Waals surface area contributed by atoms with Gasteiger partial charge in [0.25, 0.3) is 0 Å². The van der Waals surface area contributed by atoms with Crippen LogP contribution in [0.15, 0.2) is 59.1 Å². The summed E-state index contributed by atoms with van der Waals surface area (Å²) in [5.74, 6) is 0.623. The zero-order valence-corrected chi connectivity index (χ0v) is 17.7. The molecule has 148 valence electrons. The number of hydrogen-bond donors (Lipinski definition) is 1. The highest BCUT2D eigenvalue weighted by Crippen LogP contribution is 2.30. The van der Waals surface area contributed by atoms with Crippen molar-refractivity contribution in [2.45, 2.75) is 20.8 Å². The Morgan fingerprint density at radius 2 is 1.83 bits per heavy atom. The van der Waals surface area contributed by atoms with Gasteiger partial charge < -0.3 is 0 Å². The fourth-order valence-electron chi connectivity index (χ4n) is 3.51. The standard InChI is InChI=1S/C23H20N6S/c1-14-8-9-17(12-15(14)2)21-18-6-4-5-7-19(18)22(28-26-21)27-24-13-20-16(3)25-23-29(20)10-11-30-23/h4-13H,1-3H3,(H,27,28)/b24-13-. The van der Waals surface area contributed by atoms with E-state index in [9.17, 15) is 0 Å². The fraction of sp³-hybridized carbons (Fsp3) is 0.130. The minimum absolute atomic E-state index is 0.623. The highest BCUT2D eigenvalue weighted by atomic mass is 32.1. The first kappa shape index (κ1) is 18.4. The summed E-state index contributed by atoms with van der Waals surface area (Å²) in [5.41, 5.74) is 9.38. The third-order valence-corrected chi connectivity index (χ3v) is 6.06. The lowest BCUT2D eigenvalue weighted by Gasteiger charge is -2.10. The summed E-state index contributed by atoms with van der Waals surface area (Å²) in [4.78, 5) is 5.50. The van der Waals surface area contributed by atoms with Gasteiger partial charge in [0.2, 0.25) is 0 Å². The van der Waals surface area contributed by atoms with Crippen LogP contribution in [0, 0.1) is 20.8 Å². The van der Waals surface area contributed by atoms with E-state index in [0.717, 1.165) is 38.4 Å². The quantitative estimate of drug-likeness (QED) is 0.318. The molecule has 5 rings (SSSR count). The maximum Gasteiger partial charge on any atom is 0.194 e. The molecule has 0 aliphatic heterocycles. The van der Waals surface area contributed by atoms with Gasteiger partial charge in [-0.1, -0.05) is 36.4 Å². The molecule has 0 radical (unpaired) electrons. The molecule has 0 bridgehead atoms. The maximum atomic E-state index is 4.54. The summed E-state index contributed by atoms with van der Waals surface area (Å²) >= 11 is 1.60. The van der Waals surface area contributed by atoms with E-state index in [-0.39, 0.29) is 0 Å². The summed E-state index contributed by atoms with van der Waals surface area (Å²) in [6.45, 7) is 6.21. The molecule has 30 heavy (non-hydrogen) atoms. The van der Waals surface area contributed by atoms with Crippen molar-refractivity contribution in [1.29, 1.82) is 0 Å². The molecule has 2 aromatic carbocycles. The minimum Gasteiger partial charge on any atom is -0.289 e. The predicted octanol–water partition coefficient (Wildman–Crippen LogP) is 5.38. The maximum absolute atomic E-state index is 4.54. The van der Waals surface area contributed by atoms with E-state index in [4.69, 9.17) is 0 Å². The van der Waals surface area contributed by atoms with Crippen molar-refractivity contribution < 1.29 is 0 Å². The van der Waals surface area contributed by atoms with Gasteiger partial charge in [-0.2, -0.15) is 5.10 Å². The normalized spacial score (nSPS) is 11.7. The van der Waals surface area contributed by atoms with E-state index in [2.05, 4.69) is 63.8 Å². The van der Waals surface area contributed by atoms with Gasteiger partial charge in [0, 0.05) is 27.9 Å². The Bertz CT molecular complexity index is 1410. The smallest absolute Gasteiger partial charge is 0.194 e. The van der Waals surface area contributed by atoms with Crippen LogP contribution in [0.3, 0.4) is 0 Å². The van der Waals surface area contributed by atoms with Crippen LogP contribution < -0.4 is 5.43 Å². The number of benzene rings is 2. The lowest BCUT2D eigenvalue weighted by Crippen LogP contribution is -2.00. The summed E-state index contributed by atoms with van der Waals surface area (Å²) in [7, 11) is 0. The van der Waals surface area contributed by atoms with Crippen molar-refractivity contribution in [2.75, 3.05) is 5.43 Å². The number of hydrazone groups is 1. The third-order valence-electron chi connectivity index (χ3n) is 5.31. The zero-order chi connectivity index (χ0) is 20.7. The predicted molar refractivity (Wildman–Crippen MR) is 123 cm³/mol. The van der Waals surface area contributed by atoms with Crippen LogP contribution in [0.1, 0.15) is 22.5 Å². The van der Waals surface area contributed by atoms with E-state index in [0.29, 0.717) is 5.82 Å². The number of thiazole rings is 1. The number of aryl methyl sites for hydroxylation is 3. The second kappa shape index (κ2) is 7.35. The molecule has 0 fully saturated rings. The lowest BCUT2D eigenvalue weighted by molar-refractivity contribution is 1.04. The molecule has 3 heterocycles. The number of imidazole rings is 1. The van der Waals surface area contributed by atoms with E-state index in [1.807, 2.05) is 41.1 Å². The van der Waals surface area contributed by atoms with E-state index >= 15 is 0 Å². The highest BCUT2D eigenvalue weighted by Gasteiger charge is 2.12. The van der Waals surface area contributed by atoms with Gasteiger partial charge in [-0.3, -0.25) is 9.83 Å². The SMILES string of the molecule is Cc1ccc(-c2nnc(N/N=C\c3c(C)nc4sccn34)c3ccccc23)cc1C. The molecule has 0 aliphatic rings. The van der Waals surface area contributed by atoms with Gasteiger partial charge in [-0.15, -0.1) is 21.5 Å². The molecule has 0 unspecified atom stereocenters. The van der Waals surface area contributed by atoms with Crippen molar-refractivity contribution in [3.63, 3.8) is 0 Å². The van der Waals surface area contributed by atoms with Gasteiger partial charge in [0.15, 0.2) is 10.8 Å². The molecule has 0 spiro atoms. The molecule has 3 aromatic heterocycles. The number of fused-ring (bicyclic) bond motifs is 2. The second-order valence-electron chi connectivity index (χ2n) is 7.25. The Balaban J connectivity index is 1.52. The summed E-state index contributed by atoms with van der Waals surface area (Å²) in [5, 5.41) is 17.4.